The molecule has 0 atom stereocenters. The SMILES string of the molecule is CCc1nc(C)ccc1OCc1cc(C(=O)O)sc1C. The van der Waals surface area contributed by atoms with Gasteiger partial charge in [-0.25, -0.2) is 4.79 Å². The van der Waals surface area contributed by atoms with Crippen LogP contribution >= 0.6 is 11.3 Å². The molecule has 0 amide bonds. The van der Waals surface area contributed by atoms with Gasteiger partial charge in [-0.05, 0) is 38.5 Å². The van der Waals surface area contributed by atoms with Crippen LogP contribution in [0.2, 0.25) is 0 Å². The molecule has 0 unspecified atom stereocenters. The molecule has 5 heteroatoms. The highest BCUT2D eigenvalue weighted by atomic mass is 32.1. The van der Waals surface area contributed by atoms with Crippen LogP contribution in [-0.4, -0.2) is 16.1 Å². The maximum absolute atomic E-state index is 10.9. The summed E-state index contributed by atoms with van der Waals surface area (Å²) >= 11 is 1.27. The molecule has 1 N–H and O–H groups in total. The summed E-state index contributed by atoms with van der Waals surface area (Å²) in [5.41, 5.74) is 2.81. The molecule has 0 bridgehead atoms. The first kappa shape index (κ1) is 14.5. The fraction of sp³-hybridized carbons (Fsp3) is 0.333. The van der Waals surface area contributed by atoms with Gasteiger partial charge in [0, 0.05) is 16.1 Å². The van der Waals surface area contributed by atoms with Gasteiger partial charge in [-0.3, -0.25) is 4.98 Å². The number of carboxylic acid groups (broad SMARTS) is 1. The minimum Gasteiger partial charge on any atom is -0.487 e. The fourth-order valence-corrected chi connectivity index (χ4v) is 2.77. The molecule has 2 aromatic heterocycles. The first-order valence-corrected chi connectivity index (χ1v) is 7.24. The molecule has 2 heterocycles. The van der Waals surface area contributed by atoms with Gasteiger partial charge in [0.25, 0.3) is 0 Å². The third-order valence-corrected chi connectivity index (χ3v) is 4.10. The number of aromatic nitrogens is 1. The molecule has 4 nitrogen and oxygen atoms in total. The van der Waals surface area contributed by atoms with E-state index in [0.29, 0.717) is 11.5 Å². The monoisotopic (exact) mass is 291 g/mol. The Balaban J connectivity index is 2.14. The third-order valence-electron chi connectivity index (χ3n) is 3.02. The Hall–Kier alpha value is -1.88. The second-order valence-corrected chi connectivity index (χ2v) is 5.79. The Bertz CT molecular complexity index is 634. The lowest BCUT2D eigenvalue weighted by molar-refractivity contribution is 0.0702. The molecule has 0 fully saturated rings. The highest BCUT2D eigenvalue weighted by molar-refractivity contribution is 7.14. The number of hydrogen-bond acceptors (Lipinski definition) is 4. The van der Waals surface area contributed by atoms with E-state index in [2.05, 4.69) is 4.98 Å². The molecular formula is C15H17NO3S. The zero-order chi connectivity index (χ0) is 14.7. The average molecular weight is 291 g/mol. The first-order chi connectivity index (χ1) is 9.51. The van der Waals surface area contributed by atoms with Gasteiger partial charge in [-0.15, -0.1) is 11.3 Å². The molecule has 0 spiro atoms. The number of hydrogen-bond donors (Lipinski definition) is 1. The second kappa shape index (κ2) is 6.05. The molecule has 2 rings (SSSR count). The predicted molar refractivity (Wildman–Crippen MR) is 78.7 cm³/mol. The van der Waals surface area contributed by atoms with E-state index in [0.717, 1.165) is 34.0 Å². The molecule has 20 heavy (non-hydrogen) atoms. The van der Waals surface area contributed by atoms with Crippen molar-refractivity contribution in [2.75, 3.05) is 0 Å². The van der Waals surface area contributed by atoms with Gasteiger partial charge >= 0.3 is 5.97 Å². The van der Waals surface area contributed by atoms with Crippen molar-refractivity contribution in [1.29, 1.82) is 0 Å². The lowest BCUT2D eigenvalue weighted by atomic mass is 10.2. The quantitative estimate of drug-likeness (QED) is 0.914. The summed E-state index contributed by atoms with van der Waals surface area (Å²) in [5, 5.41) is 8.98. The molecule has 106 valence electrons. The Morgan fingerprint density at radius 1 is 1.40 bits per heavy atom. The van der Waals surface area contributed by atoms with E-state index in [1.807, 2.05) is 32.9 Å². The maximum Gasteiger partial charge on any atom is 0.345 e. The van der Waals surface area contributed by atoms with E-state index in [1.165, 1.54) is 11.3 Å². The fourth-order valence-electron chi connectivity index (χ4n) is 1.91. The van der Waals surface area contributed by atoms with Crippen LogP contribution in [0, 0.1) is 13.8 Å². The Morgan fingerprint density at radius 3 is 2.75 bits per heavy atom. The summed E-state index contributed by atoms with van der Waals surface area (Å²) in [6.45, 7) is 6.26. The van der Waals surface area contributed by atoms with Gasteiger partial charge < -0.3 is 9.84 Å². The van der Waals surface area contributed by atoms with Crippen LogP contribution in [-0.2, 0) is 13.0 Å². The van der Waals surface area contributed by atoms with Crippen molar-refractivity contribution >= 4 is 17.3 Å². The minimum atomic E-state index is -0.893. The Morgan fingerprint density at radius 2 is 2.15 bits per heavy atom. The highest BCUT2D eigenvalue weighted by Gasteiger charge is 2.12. The van der Waals surface area contributed by atoms with Gasteiger partial charge in [-0.1, -0.05) is 6.92 Å². The van der Waals surface area contributed by atoms with E-state index in [4.69, 9.17) is 9.84 Å². The van der Waals surface area contributed by atoms with Gasteiger partial charge in [-0.2, -0.15) is 0 Å². The lowest BCUT2D eigenvalue weighted by Gasteiger charge is -2.10. The standard InChI is InChI=1S/C15H17NO3S/c1-4-12-13(6-5-9(2)16-12)19-8-11-7-14(15(17)18)20-10(11)3/h5-7H,4,8H2,1-3H3,(H,17,18). The van der Waals surface area contributed by atoms with Crippen molar-refractivity contribution < 1.29 is 14.6 Å². The van der Waals surface area contributed by atoms with Crippen molar-refractivity contribution in [1.82, 2.24) is 4.98 Å². The van der Waals surface area contributed by atoms with Gasteiger partial charge in [0.15, 0.2) is 0 Å². The maximum atomic E-state index is 10.9. The summed E-state index contributed by atoms with van der Waals surface area (Å²) in [6, 6.07) is 5.51. The van der Waals surface area contributed by atoms with E-state index in [1.54, 1.807) is 6.07 Å². The van der Waals surface area contributed by atoms with Crippen LogP contribution in [0.3, 0.4) is 0 Å². The molecule has 0 aliphatic carbocycles. The molecule has 0 aromatic carbocycles. The summed E-state index contributed by atoms with van der Waals surface area (Å²) in [7, 11) is 0. The van der Waals surface area contributed by atoms with E-state index >= 15 is 0 Å². The molecule has 0 saturated carbocycles. The normalized spacial score (nSPS) is 10.6. The Kier molecular flexibility index (Phi) is 4.39. The van der Waals surface area contributed by atoms with Crippen LogP contribution in [0.15, 0.2) is 18.2 Å². The first-order valence-electron chi connectivity index (χ1n) is 6.43. The van der Waals surface area contributed by atoms with Crippen LogP contribution in [0.1, 0.15) is 38.4 Å². The van der Waals surface area contributed by atoms with Crippen molar-refractivity contribution in [3.05, 3.63) is 44.9 Å². The summed E-state index contributed by atoms with van der Waals surface area (Å²) < 4.78 is 5.79. The largest absolute Gasteiger partial charge is 0.487 e. The molecule has 0 radical (unpaired) electrons. The molecular weight excluding hydrogens is 274 g/mol. The van der Waals surface area contributed by atoms with E-state index < -0.39 is 5.97 Å². The molecule has 0 saturated heterocycles. The van der Waals surface area contributed by atoms with Crippen LogP contribution < -0.4 is 4.74 Å². The molecule has 0 aliphatic heterocycles. The lowest BCUT2D eigenvalue weighted by Crippen LogP contribution is -2.01. The number of pyridine rings is 1. The summed E-state index contributed by atoms with van der Waals surface area (Å²) in [5.74, 6) is -0.129. The van der Waals surface area contributed by atoms with Crippen molar-refractivity contribution in [2.45, 2.75) is 33.8 Å². The third kappa shape index (κ3) is 3.17. The zero-order valence-electron chi connectivity index (χ0n) is 11.8. The average Bonchev–Trinajstić information content (AvgIpc) is 2.79. The number of rotatable bonds is 5. The topological polar surface area (TPSA) is 59.4 Å². The second-order valence-electron chi connectivity index (χ2n) is 4.54. The molecule has 0 aliphatic rings. The van der Waals surface area contributed by atoms with Gasteiger partial charge in [0.1, 0.15) is 17.2 Å². The van der Waals surface area contributed by atoms with Crippen molar-refractivity contribution in [3.8, 4) is 5.75 Å². The summed E-state index contributed by atoms with van der Waals surface area (Å²) in [4.78, 5) is 16.7. The van der Waals surface area contributed by atoms with Crippen LogP contribution in [0.5, 0.6) is 5.75 Å². The Labute approximate surface area is 122 Å². The van der Waals surface area contributed by atoms with Crippen molar-refractivity contribution in [2.24, 2.45) is 0 Å². The number of ether oxygens (including phenoxy) is 1. The van der Waals surface area contributed by atoms with Gasteiger partial charge in [0.2, 0.25) is 0 Å². The van der Waals surface area contributed by atoms with Crippen LogP contribution in [0.25, 0.3) is 0 Å². The number of aromatic carboxylic acids is 1. The number of aryl methyl sites for hydroxylation is 3. The van der Waals surface area contributed by atoms with E-state index in [9.17, 15) is 4.79 Å². The predicted octanol–water partition coefficient (Wildman–Crippen LogP) is 3.60. The van der Waals surface area contributed by atoms with Crippen LogP contribution in [0.4, 0.5) is 0 Å². The number of carboxylic acids is 1. The highest BCUT2D eigenvalue weighted by Crippen LogP contribution is 2.24. The number of thiophene rings is 1. The van der Waals surface area contributed by atoms with E-state index in [-0.39, 0.29) is 0 Å². The molecule has 2 aromatic rings. The van der Waals surface area contributed by atoms with Gasteiger partial charge in [0.05, 0.1) is 5.69 Å². The minimum absolute atomic E-state index is 0.346. The zero-order valence-corrected chi connectivity index (χ0v) is 12.6. The number of carbonyl (C=O) groups is 1. The summed E-state index contributed by atoms with van der Waals surface area (Å²) in [6.07, 6.45) is 0.806. The number of nitrogens with zero attached hydrogens (tertiary/aromatic N) is 1. The smallest absolute Gasteiger partial charge is 0.345 e. The van der Waals surface area contributed by atoms with Crippen molar-refractivity contribution in [3.63, 3.8) is 0 Å².